The maximum atomic E-state index is 12.1. The summed E-state index contributed by atoms with van der Waals surface area (Å²) in [5, 5.41) is 11.5. The summed E-state index contributed by atoms with van der Waals surface area (Å²) in [6.45, 7) is 3.63. The van der Waals surface area contributed by atoms with Crippen molar-refractivity contribution in [2.24, 2.45) is 0 Å². The Morgan fingerprint density at radius 2 is 1.80 bits per heavy atom. The number of carboxylic acids is 1. The first kappa shape index (κ1) is 13.7. The number of pyridine rings is 1. The Hall–Kier alpha value is -2.69. The summed E-state index contributed by atoms with van der Waals surface area (Å²) in [5.41, 5.74) is 2.78. The second kappa shape index (κ2) is 5.52. The van der Waals surface area contributed by atoms with Crippen molar-refractivity contribution >= 4 is 17.6 Å². The summed E-state index contributed by atoms with van der Waals surface area (Å²) in [7, 11) is 0. The number of hydrogen-bond acceptors (Lipinski definition) is 3. The van der Waals surface area contributed by atoms with E-state index in [1.165, 1.54) is 12.1 Å². The van der Waals surface area contributed by atoms with Gasteiger partial charge in [0.1, 0.15) is 0 Å². The highest BCUT2D eigenvalue weighted by Crippen LogP contribution is 2.13. The van der Waals surface area contributed by atoms with E-state index < -0.39 is 5.97 Å². The predicted molar refractivity (Wildman–Crippen MR) is 75.1 cm³/mol. The van der Waals surface area contributed by atoms with Gasteiger partial charge in [0, 0.05) is 17.6 Å². The molecule has 5 nitrogen and oxygen atoms in total. The molecule has 0 aliphatic heterocycles. The monoisotopic (exact) mass is 270 g/mol. The second-order valence-electron chi connectivity index (χ2n) is 4.48. The fourth-order valence-corrected chi connectivity index (χ4v) is 1.76. The Labute approximate surface area is 116 Å². The minimum absolute atomic E-state index is 0.177. The van der Waals surface area contributed by atoms with Gasteiger partial charge < -0.3 is 10.4 Å². The third kappa shape index (κ3) is 3.00. The number of aromatic nitrogens is 1. The molecule has 0 saturated heterocycles. The van der Waals surface area contributed by atoms with E-state index in [0.717, 1.165) is 5.56 Å². The third-order valence-corrected chi connectivity index (χ3v) is 2.86. The summed E-state index contributed by atoms with van der Waals surface area (Å²) in [6.07, 6.45) is 1.70. The molecule has 0 unspecified atom stereocenters. The Bertz CT molecular complexity index is 663. The van der Waals surface area contributed by atoms with Gasteiger partial charge in [0.15, 0.2) is 0 Å². The fraction of sp³-hybridized carbons (Fsp3) is 0.133. The van der Waals surface area contributed by atoms with E-state index in [-0.39, 0.29) is 11.5 Å². The number of carbonyl (C=O) groups excluding carboxylic acids is 1. The van der Waals surface area contributed by atoms with Crippen LogP contribution >= 0.6 is 0 Å². The molecule has 0 atom stereocenters. The number of carbonyl (C=O) groups is 2. The highest BCUT2D eigenvalue weighted by molar-refractivity contribution is 6.05. The summed E-state index contributed by atoms with van der Waals surface area (Å²) in [5.74, 6) is -1.26. The van der Waals surface area contributed by atoms with Gasteiger partial charge in [0.2, 0.25) is 0 Å². The molecule has 1 amide bonds. The molecule has 0 bridgehead atoms. The summed E-state index contributed by atoms with van der Waals surface area (Å²) >= 11 is 0. The first-order valence-corrected chi connectivity index (χ1v) is 6.05. The van der Waals surface area contributed by atoms with Crippen molar-refractivity contribution in [3.63, 3.8) is 0 Å². The number of rotatable bonds is 3. The number of amides is 1. The summed E-state index contributed by atoms with van der Waals surface area (Å²) in [4.78, 5) is 27.0. The Balaban J connectivity index is 2.19. The quantitative estimate of drug-likeness (QED) is 0.898. The standard InChI is InChI=1S/C15H14N2O3/c1-9-7-13(10(2)16-8-9)14(18)17-12-5-3-11(4-6-12)15(19)20/h3-8H,1-2H3,(H,17,18)(H,19,20). The molecule has 5 heteroatoms. The minimum atomic E-state index is -0.999. The molecule has 1 aromatic heterocycles. The van der Waals surface area contributed by atoms with Crippen LogP contribution in [0.15, 0.2) is 36.5 Å². The van der Waals surface area contributed by atoms with E-state index >= 15 is 0 Å². The number of aryl methyl sites for hydroxylation is 2. The lowest BCUT2D eigenvalue weighted by molar-refractivity contribution is 0.0696. The van der Waals surface area contributed by atoms with Crippen LogP contribution in [0.4, 0.5) is 5.69 Å². The maximum absolute atomic E-state index is 12.1. The maximum Gasteiger partial charge on any atom is 0.335 e. The van der Waals surface area contributed by atoms with Crippen molar-refractivity contribution in [1.82, 2.24) is 4.98 Å². The topological polar surface area (TPSA) is 79.3 Å². The SMILES string of the molecule is Cc1cnc(C)c(C(=O)Nc2ccc(C(=O)O)cc2)c1. The van der Waals surface area contributed by atoms with Gasteiger partial charge in [-0.05, 0) is 49.7 Å². The van der Waals surface area contributed by atoms with Gasteiger partial charge in [-0.3, -0.25) is 9.78 Å². The van der Waals surface area contributed by atoms with Crippen LogP contribution in [0.3, 0.4) is 0 Å². The summed E-state index contributed by atoms with van der Waals surface area (Å²) in [6, 6.07) is 7.77. The first-order chi connectivity index (χ1) is 9.47. The molecule has 102 valence electrons. The lowest BCUT2D eigenvalue weighted by Crippen LogP contribution is -2.14. The molecule has 0 fully saturated rings. The molecule has 1 aromatic carbocycles. The molecule has 0 aliphatic rings. The van der Waals surface area contributed by atoms with Crippen LogP contribution in [0, 0.1) is 13.8 Å². The van der Waals surface area contributed by atoms with Gasteiger partial charge in [-0.1, -0.05) is 0 Å². The summed E-state index contributed by atoms with van der Waals surface area (Å²) < 4.78 is 0. The number of benzene rings is 1. The van der Waals surface area contributed by atoms with E-state index in [9.17, 15) is 9.59 Å². The highest BCUT2D eigenvalue weighted by atomic mass is 16.4. The van der Waals surface area contributed by atoms with Crippen LogP contribution in [0.5, 0.6) is 0 Å². The van der Waals surface area contributed by atoms with Gasteiger partial charge in [-0.25, -0.2) is 4.79 Å². The van der Waals surface area contributed by atoms with E-state index in [1.807, 2.05) is 6.92 Å². The number of carboxylic acid groups (broad SMARTS) is 1. The molecular formula is C15H14N2O3. The average molecular weight is 270 g/mol. The fourth-order valence-electron chi connectivity index (χ4n) is 1.76. The number of aromatic carboxylic acids is 1. The lowest BCUT2D eigenvalue weighted by atomic mass is 10.1. The molecule has 2 N–H and O–H groups in total. The van der Waals surface area contributed by atoms with Crippen molar-refractivity contribution in [3.05, 3.63) is 58.9 Å². The molecule has 0 radical (unpaired) electrons. The van der Waals surface area contributed by atoms with Crippen molar-refractivity contribution < 1.29 is 14.7 Å². The Morgan fingerprint density at radius 1 is 1.15 bits per heavy atom. The van der Waals surface area contributed by atoms with Gasteiger partial charge >= 0.3 is 5.97 Å². The van der Waals surface area contributed by atoms with E-state index in [0.29, 0.717) is 16.9 Å². The van der Waals surface area contributed by atoms with Crippen molar-refractivity contribution in [2.75, 3.05) is 5.32 Å². The zero-order valence-corrected chi connectivity index (χ0v) is 11.2. The largest absolute Gasteiger partial charge is 0.478 e. The molecule has 1 heterocycles. The van der Waals surface area contributed by atoms with Gasteiger partial charge in [0.05, 0.1) is 11.1 Å². The van der Waals surface area contributed by atoms with Crippen LogP contribution in [-0.2, 0) is 0 Å². The van der Waals surface area contributed by atoms with Crippen molar-refractivity contribution in [2.45, 2.75) is 13.8 Å². The molecule has 0 saturated carbocycles. The van der Waals surface area contributed by atoms with E-state index in [1.54, 1.807) is 31.3 Å². The smallest absolute Gasteiger partial charge is 0.335 e. The molecule has 0 aliphatic carbocycles. The molecule has 2 rings (SSSR count). The molecular weight excluding hydrogens is 256 g/mol. The number of anilines is 1. The van der Waals surface area contributed by atoms with Crippen LogP contribution in [0.2, 0.25) is 0 Å². The van der Waals surface area contributed by atoms with Crippen molar-refractivity contribution in [1.29, 1.82) is 0 Å². The normalized spacial score (nSPS) is 10.1. The Kier molecular flexibility index (Phi) is 3.79. The van der Waals surface area contributed by atoms with Crippen LogP contribution in [0.25, 0.3) is 0 Å². The first-order valence-electron chi connectivity index (χ1n) is 6.05. The highest BCUT2D eigenvalue weighted by Gasteiger charge is 2.11. The van der Waals surface area contributed by atoms with Gasteiger partial charge in [-0.2, -0.15) is 0 Å². The van der Waals surface area contributed by atoms with Crippen LogP contribution < -0.4 is 5.32 Å². The van der Waals surface area contributed by atoms with E-state index in [2.05, 4.69) is 10.3 Å². The number of nitrogens with one attached hydrogen (secondary N) is 1. The number of nitrogens with zero attached hydrogens (tertiary/aromatic N) is 1. The minimum Gasteiger partial charge on any atom is -0.478 e. The molecule has 0 spiro atoms. The van der Waals surface area contributed by atoms with Gasteiger partial charge in [-0.15, -0.1) is 0 Å². The lowest BCUT2D eigenvalue weighted by Gasteiger charge is -2.08. The zero-order chi connectivity index (χ0) is 14.7. The van der Waals surface area contributed by atoms with Crippen molar-refractivity contribution in [3.8, 4) is 0 Å². The van der Waals surface area contributed by atoms with Crippen LogP contribution in [-0.4, -0.2) is 22.0 Å². The second-order valence-corrected chi connectivity index (χ2v) is 4.48. The predicted octanol–water partition coefficient (Wildman–Crippen LogP) is 2.65. The van der Waals surface area contributed by atoms with Gasteiger partial charge in [0.25, 0.3) is 5.91 Å². The molecule has 2 aromatic rings. The number of hydrogen-bond donors (Lipinski definition) is 2. The zero-order valence-electron chi connectivity index (χ0n) is 11.2. The van der Waals surface area contributed by atoms with Crippen LogP contribution in [0.1, 0.15) is 32.0 Å². The average Bonchev–Trinajstić information content (AvgIpc) is 2.42. The third-order valence-electron chi connectivity index (χ3n) is 2.86. The Morgan fingerprint density at radius 3 is 2.40 bits per heavy atom. The molecule has 20 heavy (non-hydrogen) atoms. The van der Waals surface area contributed by atoms with E-state index in [4.69, 9.17) is 5.11 Å².